The van der Waals surface area contributed by atoms with Gasteiger partial charge >= 0.3 is 5.97 Å². The molecule has 1 N–H and O–H groups in total. The monoisotopic (exact) mass is 293 g/mol. The number of anilines is 1. The van der Waals surface area contributed by atoms with Crippen LogP contribution in [0.5, 0.6) is 5.75 Å². The molecule has 1 saturated heterocycles. The molecule has 0 bridgehead atoms. The molecule has 0 aliphatic carbocycles. The van der Waals surface area contributed by atoms with Crippen molar-refractivity contribution in [3.05, 3.63) is 24.3 Å². The molecule has 1 atom stereocenters. The van der Waals surface area contributed by atoms with E-state index in [1.54, 1.807) is 7.11 Å². The lowest BCUT2D eigenvalue weighted by Gasteiger charge is -2.43. The topological polar surface area (TPSA) is 56.8 Å². The first kappa shape index (κ1) is 15.6. The normalized spacial score (nSPS) is 24.2. The molecule has 21 heavy (non-hydrogen) atoms. The Balaban J connectivity index is 2.25. The number of carbonyl (C=O) groups excluding carboxylic acids is 1. The second-order valence-corrected chi connectivity index (χ2v) is 5.96. The SMILES string of the molecule is COC(=O)C1(Nc2ccc(OC)cc2)CCOC(C)(C)C1. The molecule has 0 spiro atoms. The van der Waals surface area contributed by atoms with Gasteiger partial charge in [-0.05, 0) is 38.1 Å². The van der Waals surface area contributed by atoms with Gasteiger partial charge in [-0.15, -0.1) is 0 Å². The maximum atomic E-state index is 12.3. The molecule has 1 fully saturated rings. The van der Waals surface area contributed by atoms with Crippen molar-refractivity contribution in [3.8, 4) is 5.75 Å². The van der Waals surface area contributed by atoms with E-state index in [9.17, 15) is 4.79 Å². The highest BCUT2D eigenvalue weighted by Crippen LogP contribution is 2.36. The summed E-state index contributed by atoms with van der Waals surface area (Å²) in [5.41, 5.74) is -0.268. The van der Waals surface area contributed by atoms with E-state index < -0.39 is 5.54 Å². The molecule has 1 aliphatic heterocycles. The number of carbonyl (C=O) groups is 1. The number of hydrogen-bond donors (Lipinski definition) is 1. The summed E-state index contributed by atoms with van der Waals surface area (Å²) in [6, 6.07) is 7.51. The van der Waals surface area contributed by atoms with Gasteiger partial charge in [-0.25, -0.2) is 4.79 Å². The van der Waals surface area contributed by atoms with Gasteiger partial charge in [-0.1, -0.05) is 0 Å². The van der Waals surface area contributed by atoms with Crippen LogP contribution in [0.3, 0.4) is 0 Å². The van der Waals surface area contributed by atoms with E-state index in [4.69, 9.17) is 14.2 Å². The second-order valence-electron chi connectivity index (χ2n) is 5.96. The summed E-state index contributed by atoms with van der Waals surface area (Å²) in [6.07, 6.45) is 1.13. The Morgan fingerprint density at radius 1 is 1.24 bits per heavy atom. The molecule has 0 aromatic heterocycles. The Hall–Kier alpha value is -1.75. The van der Waals surface area contributed by atoms with Crippen molar-refractivity contribution in [2.75, 3.05) is 26.1 Å². The van der Waals surface area contributed by atoms with Gasteiger partial charge in [-0.3, -0.25) is 0 Å². The van der Waals surface area contributed by atoms with Crippen LogP contribution in [0.2, 0.25) is 0 Å². The Bertz CT molecular complexity index is 498. The van der Waals surface area contributed by atoms with Gasteiger partial charge in [0.15, 0.2) is 0 Å². The van der Waals surface area contributed by atoms with Crippen molar-refractivity contribution >= 4 is 11.7 Å². The molecule has 1 unspecified atom stereocenters. The summed E-state index contributed by atoms with van der Waals surface area (Å²) in [6.45, 7) is 4.49. The molecular weight excluding hydrogens is 270 g/mol. The average Bonchev–Trinajstić information content (AvgIpc) is 2.46. The Morgan fingerprint density at radius 2 is 1.90 bits per heavy atom. The molecule has 1 aromatic rings. The third-order valence-electron chi connectivity index (χ3n) is 3.80. The van der Waals surface area contributed by atoms with Gasteiger partial charge in [0.05, 0.1) is 26.4 Å². The Morgan fingerprint density at radius 3 is 2.43 bits per heavy atom. The standard InChI is InChI=1S/C16H23NO4/c1-15(2)11-16(9-10-21-15,14(18)20-4)17-12-5-7-13(19-3)8-6-12/h5-8,17H,9-11H2,1-4H3. The van der Waals surface area contributed by atoms with Crippen molar-refractivity contribution in [3.63, 3.8) is 0 Å². The molecule has 1 aromatic carbocycles. The molecule has 1 aliphatic rings. The first-order chi connectivity index (χ1) is 9.91. The zero-order valence-electron chi connectivity index (χ0n) is 13.1. The molecule has 5 nitrogen and oxygen atoms in total. The summed E-state index contributed by atoms with van der Waals surface area (Å²) in [5.74, 6) is 0.523. The van der Waals surface area contributed by atoms with Crippen LogP contribution < -0.4 is 10.1 Å². The highest BCUT2D eigenvalue weighted by Gasteiger charge is 2.47. The fourth-order valence-electron chi connectivity index (χ4n) is 2.85. The Kier molecular flexibility index (Phi) is 4.42. The smallest absolute Gasteiger partial charge is 0.331 e. The maximum Gasteiger partial charge on any atom is 0.331 e. The van der Waals surface area contributed by atoms with Crippen molar-refractivity contribution in [1.29, 1.82) is 0 Å². The zero-order chi connectivity index (χ0) is 15.5. The summed E-state index contributed by atoms with van der Waals surface area (Å²) < 4.78 is 15.9. The molecular formula is C16H23NO4. The van der Waals surface area contributed by atoms with Gasteiger partial charge in [0, 0.05) is 18.5 Å². The van der Waals surface area contributed by atoms with E-state index in [2.05, 4.69) is 5.32 Å². The van der Waals surface area contributed by atoms with Gasteiger partial charge < -0.3 is 19.5 Å². The number of methoxy groups -OCH3 is 2. The second kappa shape index (κ2) is 5.93. The summed E-state index contributed by atoms with van der Waals surface area (Å²) in [5, 5.41) is 3.34. The number of rotatable bonds is 4. The molecule has 2 rings (SSSR count). The number of esters is 1. The lowest BCUT2D eigenvalue weighted by molar-refractivity contribution is -0.156. The minimum atomic E-state index is -0.759. The summed E-state index contributed by atoms with van der Waals surface area (Å²) in [7, 11) is 3.04. The lowest BCUT2D eigenvalue weighted by atomic mass is 9.81. The number of hydrogen-bond acceptors (Lipinski definition) is 5. The fourth-order valence-corrected chi connectivity index (χ4v) is 2.85. The van der Waals surface area contributed by atoms with Gasteiger partial charge in [0.1, 0.15) is 11.3 Å². The maximum absolute atomic E-state index is 12.3. The van der Waals surface area contributed by atoms with Crippen LogP contribution in [0.4, 0.5) is 5.69 Å². The van der Waals surface area contributed by atoms with E-state index in [0.29, 0.717) is 19.4 Å². The average molecular weight is 293 g/mol. The Labute approximate surface area is 125 Å². The number of nitrogens with one attached hydrogen (secondary N) is 1. The third kappa shape index (κ3) is 3.47. The first-order valence-corrected chi connectivity index (χ1v) is 7.05. The fraction of sp³-hybridized carbons (Fsp3) is 0.562. The van der Waals surface area contributed by atoms with Gasteiger partial charge in [0.2, 0.25) is 0 Å². The predicted octanol–water partition coefficient (Wildman–Crippen LogP) is 2.61. The quantitative estimate of drug-likeness (QED) is 0.865. The largest absolute Gasteiger partial charge is 0.497 e. The van der Waals surface area contributed by atoms with Crippen molar-refractivity contribution in [2.24, 2.45) is 0 Å². The molecule has 116 valence electrons. The van der Waals surface area contributed by atoms with Gasteiger partial charge in [0.25, 0.3) is 0 Å². The van der Waals surface area contributed by atoms with Gasteiger partial charge in [-0.2, -0.15) is 0 Å². The molecule has 0 saturated carbocycles. The first-order valence-electron chi connectivity index (χ1n) is 7.05. The zero-order valence-corrected chi connectivity index (χ0v) is 13.1. The van der Waals surface area contributed by atoms with Crippen LogP contribution in [0, 0.1) is 0 Å². The van der Waals surface area contributed by atoms with Crippen LogP contribution in [0.25, 0.3) is 0 Å². The van der Waals surface area contributed by atoms with E-state index in [-0.39, 0.29) is 11.6 Å². The van der Waals surface area contributed by atoms with Crippen LogP contribution in [0.1, 0.15) is 26.7 Å². The van der Waals surface area contributed by atoms with Crippen molar-refractivity contribution < 1.29 is 19.0 Å². The van der Waals surface area contributed by atoms with Crippen molar-refractivity contribution in [2.45, 2.75) is 37.8 Å². The predicted molar refractivity (Wildman–Crippen MR) is 80.6 cm³/mol. The number of ether oxygens (including phenoxy) is 3. The molecule has 5 heteroatoms. The van der Waals surface area contributed by atoms with E-state index in [1.165, 1.54) is 7.11 Å². The lowest BCUT2D eigenvalue weighted by Crippen LogP contribution is -2.56. The van der Waals surface area contributed by atoms with E-state index in [1.807, 2.05) is 38.1 Å². The minimum Gasteiger partial charge on any atom is -0.497 e. The highest BCUT2D eigenvalue weighted by molar-refractivity contribution is 5.85. The van der Waals surface area contributed by atoms with Crippen molar-refractivity contribution in [1.82, 2.24) is 0 Å². The van der Waals surface area contributed by atoms with Crippen LogP contribution in [-0.2, 0) is 14.3 Å². The molecule has 1 heterocycles. The number of benzene rings is 1. The van der Waals surface area contributed by atoms with E-state index >= 15 is 0 Å². The van der Waals surface area contributed by atoms with Crippen LogP contribution >= 0.6 is 0 Å². The highest BCUT2D eigenvalue weighted by atomic mass is 16.5. The van der Waals surface area contributed by atoms with Crippen LogP contribution in [-0.4, -0.2) is 37.9 Å². The van der Waals surface area contributed by atoms with Crippen LogP contribution in [0.15, 0.2) is 24.3 Å². The third-order valence-corrected chi connectivity index (χ3v) is 3.80. The van der Waals surface area contributed by atoms with E-state index in [0.717, 1.165) is 11.4 Å². The summed E-state index contributed by atoms with van der Waals surface area (Å²) >= 11 is 0. The minimum absolute atomic E-state index is 0.255. The molecule has 0 radical (unpaired) electrons. The summed E-state index contributed by atoms with van der Waals surface area (Å²) in [4.78, 5) is 12.3. The molecule has 0 amide bonds.